The molecule has 2 N–H and O–H groups in total. The zero-order chi connectivity index (χ0) is 10.3. The van der Waals surface area contributed by atoms with E-state index in [0.29, 0.717) is 0 Å². The van der Waals surface area contributed by atoms with Gasteiger partial charge in [-0.3, -0.25) is 4.68 Å². The first-order valence-electron chi connectivity index (χ1n) is 4.85. The largest absolute Gasteiger partial charge is 0.398 e. The monoisotopic (exact) mass is 189 g/mol. The highest BCUT2D eigenvalue weighted by molar-refractivity contribution is 5.94. The number of nitrogens with zero attached hydrogens (tertiary/aromatic N) is 2. The van der Waals surface area contributed by atoms with Crippen molar-refractivity contribution in [3.05, 3.63) is 23.4 Å². The number of nitrogens with two attached hydrogens (primary N) is 1. The van der Waals surface area contributed by atoms with Crippen molar-refractivity contribution in [3.63, 3.8) is 0 Å². The van der Waals surface area contributed by atoms with Gasteiger partial charge in [0.1, 0.15) is 0 Å². The highest BCUT2D eigenvalue weighted by Gasteiger charge is 2.09. The molecule has 14 heavy (non-hydrogen) atoms. The molecule has 0 radical (unpaired) electrons. The molecule has 0 aliphatic carbocycles. The van der Waals surface area contributed by atoms with E-state index in [9.17, 15) is 0 Å². The third-order valence-corrected chi connectivity index (χ3v) is 2.71. The minimum absolute atomic E-state index is 0.885. The Kier molecular flexibility index (Phi) is 1.95. The van der Waals surface area contributed by atoms with Crippen LogP contribution < -0.4 is 5.73 Å². The fourth-order valence-corrected chi connectivity index (χ4v) is 1.94. The number of hydrogen-bond donors (Lipinski definition) is 1. The van der Waals surface area contributed by atoms with E-state index in [-0.39, 0.29) is 0 Å². The second-order valence-corrected chi connectivity index (χ2v) is 3.60. The summed E-state index contributed by atoms with van der Waals surface area (Å²) in [5, 5.41) is 5.47. The lowest BCUT2D eigenvalue weighted by Gasteiger charge is -2.04. The first-order chi connectivity index (χ1) is 6.65. The lowest BCUT2D eigenvalue weighted by Crippen LogP contribution is -1.94. The van der Waals surface area contributed by atoms with Crippen LogP contribution in [0.2, 0.25) is 0 Å². The maximum absolute atomic E-state index is 6.09. The number of aryl methyl sites for hydroxylation is 3. The molecule has 3 nitrogen and oxygen atoms in total. The van der Waals surface area contributed by atoms with Gasteiger partial charge in [0.2, 0.25) is 0 Å². The molecule has 0 saturated heterocycles. The molecule has 74 valence electrons. The number of nitrogen functional groups attached to an aromatic ring is 1. The summed E-state index contributed by atoms with van der Waals surface area (Å²) in [5.74, 6) is 0. The van der Waals surface area contributed by atoms with Crippen LogP contribution in [-0.2, 0) is 13.5 Å². The molecule has 2 rings (SSSR count). The average Bonchev–Trinajstić information content (AvgIpc) is 2.44. The molecular weight excluding hydrogens is 174 g/mol. The second kappa shape index (κ2) is 3.01. The van der Waals surface area contributed by atoms with Crippen molar-refractivity contribution in [2.45, 2.75) is 20.3 Å². The molecular formula is C11H15N3. The highest BCUT2D eigenvalue weighted by atomic mass is 15.3. The predicted octanol–water partition coefficient (Wildman–Crippen LogP) is 2.03. The van der Waals surface area contributed by atoms with Gasteiger partial charge in [0.05, 0.1) is 11.2 Å². The van der Waals surface area contributed by atoms with Gasteiger partial charge in [-0.1, -0.05) is 13.0 Å². The molecule has 0 spiro atoms. The number of fused-ring (bicyclic) bond motifs is 1. The van der Waals surface area contributed by atoms with Crippen LogP contribution in [0.4, 0.5) is 5.69 Å². The Hall–Kier alpha value is -1.51. The summed E-state index contributed by atoms with van der Waals surface area (Å²) < 4.78 is 1.88. The molecule has 1 aromatic heterocycles. The van der Waals surface area contributed by atoms with E-state index in [1.54, 1.807) is 0 Å². The fraction of sp³-hybridized carbons (Fsp3) is 0.364. The molecule has 0 bridgehead atoms. The number of rotatable bonds is 1. The number of anilines is 1. The molecule has 0 fully saturated rings. The smallest absolute Gasteiger partial charge is 0.0702 e. The first kappa shape index (κ1) is 9.06. The Morgan fingerprint density at radius 1 is 1.43 bits per heavy atom. The van der Waals surface area contributed by atoms with Crippen molar-refractivity contribution in [2.75, 3.05) is 5.73 Å². The maximum atomic E-state index is 6.09. The normalized spacial score (nSPS) is 11.1. The van der Waals surface area contributed by atoms with Gasteiger partial charge >= 0.3 is 0 Å². The van der Waals surface area contributed by atoms with Crippen LogP contribution in [0, 0.1) is 6.92 Å². The zero-order valence-corrected chi connectivity index (χ0v) is 8.83. The van der Waals surface area contributed by atoms with Gasteiger partial charge in [0.15, 0.2) is 0 Å². The Morgan fingerprint density at radius 3 is 2.79 bits per heavy atom. The minimum Gasteiger partial charge on any atom is -0.398 e. The minimum atomic E-state index is 0.885. The van der Waals surface area contributed by atoms with Crippen molar-refractivity contribution in [3.8, 4) is 0 Å². The maximum Gasteiger partial charge on any atom is 0.0702 e. The van der Waals surface area contributed by atoms with E-state index >= 15 is 0 Å². The van der Waals surface area contributed by atoms with E-state index in [1.807, 2.05) is 18.7 Å². The van der Waals surface area contributed by atoms with E-state index in [4.69, 9.17) is 5.73 Å². The Labute approximate surface area is 83.5 Å². The fourth-order valence-electron chi connectivity index (χ4n) is 1.94. The highest BCUT2D eigenvalue weighted by Crippen LogP contribution is 2.27. The van der Waals surface area contributed by atoms with Crippen LogP contribution in [0.1, 0.15) is 18.2 Å². The van der Waals surface area contributed by atoms with E-state index in [1.165, 1.54) is 5.56 Å². The van der Waals surface area contributed by atoms with Crippen LogP contribution in [0.5, 0.6) is 0 Å². The van der Waals surface area contributed by atoms with Gasteiger partial charge in [-0.05, 0) is 25.0 Å². The van der Waals surface area contributed by atoms with Crippen LogP contribution in [0.15, 0.2) is 12.1 Å². The molecule has 0 aliphatic rings. The van der Waals surface area contributed by atoms with E-state index in [0.717, 1.165) is 28.7 Å². The van der Waals surface area contributed by atoms with Crippen LogP contribution in [-0.4, -0.2) is 9.78 Å². The van der Waals surface area contributed by atoms with Gasteiger partial charge in [-0.25, -0.2) is 0 Å². The third-order valence-electron chi connectivity index (χ3n) is 2.71. The SMILES string of the molecule is CCc1ccc2c(c(C)nn2C)c1N. The first-order valence-corrected chi connectivity index (χ1v) is 4.85. The van der Waals surface area contributed by atoms with Gasteiger partial charge in [-0.15, -0.1) is 0 Å². The van der Waals surface area contributed by atoms with Crippen LogP contribution in [0.25, 0.3) is 10.9 Å². The Balaban J connectivity index is 2.87. The topological polar surface area (TPSA) is 43.8 Å². The predicted molar refractivity (Wildman–Crippen MR) is 59.2 cm³/mol. The van der Waals surface area contributed by atoms with Crippen molar-refractivity contribution >= 4 is 16.6 Å². The summed E-state index contributed by atoms with van der Waals surface area (Å²) in [6, 6.07) is 4.17. The molecule has 0 aliphatic heterocycles. The second-order valence-electron chi connectivity index (χ2n) is 3.60. The average molecular weight is 189 g/mol. The van der Waals surface area contributed by atoms with Gasteiger partial charge in [-0.2, -0.15) is 5.10 Å². The summed E-state index contributed by atoms with van der Waals surface area (Å²) in [7, 11) is 1.94. The van der Waals surface area contributed by atoms with Crippen LogP contribution in [0.3, 0.4) is 0 Å². The van der Waals surface area contributed by atoms with Crippen LogP contribution >= 0.6 is 0 Å². The lowest BCUT2D eigenvalue weighted by molar-refractivity contribution is 0.783. The summed E-state index contributed by atoms with van der Waals surface area (Å²) in [6.45, 7) is 4.11. The molecule has 1 aromatic carbocycles. The number of hydrogen-bond acceptors (Lipinski definition) is 2. The summed E-state index contributed by atoms with van der Waals surface area (Å²) >= 11 is 0. The Bertz CT molecular complexity index is 483. The van der Waals surface area contributed by atoms with Crippen molar-refractivity contribution in [2.24, 2.45) is 7.05 Å². The molecule has 0 amide bonds. The van der Waals surface area contributed by atoms with E-state index < -0.39 is 0 Å². The van der Waals surface area contributed by atoms with Crippen molar-refractivity contribution in [1.82, 2.24) is 9.78 Å². The molecule has 3 heteroatoms. The Morgan fingerprint density at radius 2 is 2.14 bits per heavy atom. The quantitative estimate of drug-likeness (QED) is 0.697. The number of benzene rings is 1. The molecule has 0 unspecified atom stereocenters. The summed E-state index contributed by atoms with van der Waals surface area (Å²) in [4.78, 5) is 0. The summed E-state index contributed by atoms with van der Waals surface area (Å²) in [6.07, 6.45) is 0.968. The zero-order valence-electron chi connectivity index (χ0n) is 8.83. The number of aromatic nitrogens is 2. The summed E-state index contributed by atoms with van der Waals surface area (Å²) in [5.41, 5.74) is 10.3. The molecule has 2 aromatic rings. The standard InChI is InChI=1S/C11H15N3/c1-4-8-5-6-9-10(11(8)12)7(2)13-14(9)3/h5-6H,4,12H2,1-3H3. The third kappa shape index (κ3) is 1.09. The molecule has 0 atom stereocenters. The van der Waals surface area contributed by atoms with Crippen molar-refractivity contribution < 1.29 is 0 Å². The lowest BCUT2D eigenvalue weighted by atomic mass is 10.1. The van der Waals surface area contributed by atoms with Gasteiger partial charge < -0.3 is 5.73 Å². The van der Waals surface area contributed by atoms with Gasteiger partial charge in [0, 0.05) is 18.1 Å². The van der Waals surface area contributed by atoms with Crippen molar-refractivity contribution in [1.29, 1.82) is 0 Å². The molecule has 0 saturated carbocycles. The van der Waals surface area contributed by atoms with Gasteiger partial charge in [0.25, 0.3) is 0 Å². The van der Waals surface area contributed by atoms with E-state index in [2.05, 4.69) is 24.2 Å². The molecule has 1 heterocycles.